The fourth-order valence-electron chi connectivity index (χ4n) is 2.02. The van der Waals surface area contributed by atoms with Crippen LogP contribution in [0.15, 0.2) is 30.3 Å². The Hall–Kier alpha value is -1.65. The number of nitrogens with zero attached hydrogens (tertiary/aromatic N) is 1. The van der Waals surface area contributed by atoms with Gasteiger partial charge in [-0.1, -0.05) is 53.6 Å². The molecule has 0 aliphatic carbocycles. The summed E-state index contributed by atoms with van der Waals surface area (Å²) in [7, 11) is 1.78. The molecule has 1 aromatic carbocycles. The van der Waals surface area contributed by atoms with Gasteiger partial charge in [-0.3, -0.25) is 4.79 Å². The topological polar surface area (TPSA) is 42.2 Å². The Morgan fingerprint density at radius 3 is 2.50 bits per heavy atom. The van der Waals surface area contributed by atoms with Gasteiger partial charge in [-0.15, -0.1) is 0 Å². The maximum Gasteiger partial charge on any atom is 0.309 e. The van der Waals surface area contributed by atoms with Crippen LogP contribution in [-0.4, -0.2) is 20.5 Å². The molecule has 0 radical (unpaired) electrons. The third kappa shape index (κ3) is 2.92. The monoisotopic (exact) mass is 307 g/mol. The van der Waals surface area contributed by atoms with Crippen LogP contribution >= 0.6 is 23.8 Å². The number of aliphatic carboxylic acids is 1. The Labute approximate surface area is 127 Å². The highest BCUT2D eigenvalue weighted by molar-refractivity contribution is 7.81. The molecule has 1 aromatic heterocycles. The summed E-state index contributed by atoms with van der Waals surface area (Å²) in [5, 5.41) is 9.34. The van der Waals surface area contributed by atoms with E-state index in [2.05, 4.69) is 0 Å². The zero-order valence-corrected chi connectivity index (χ0v) is 12.8. The standard InChI is InChI=1S/C15H14ClNO2S/c1-9-3-5-10(6-4-9)15(20)13-7-11(16)12(17(13)2)8-14(18)19/h3-7H,8H2,1-2H3,(H,18,19). The fourth-order valence-corrected chi connectivity index (χ4v) is 2.65. The third-order valence-corrected chi connectivity index (χ3v) is 3.94. The van der Waals surface area contributed by atoms with Crippen LogP contribution in [0.4, 0.5) is 0 Å². The first kappa shape index (κ1) is 14.8. The first-order valence-corrected chi connectivity index (χ1v) is 6.86. The average Bonchev–Trinajstić information content (AvgIpc) is 2.66. The molecule has 0 saturated carbocycles. The summed E-state index contributed by atoms with van der Waals surface area (Å²) in [4.78, 5) is 11.5. The first-order valence-electron chi connectivity index (χ1n) is 6.07. The highest BCUT2D eigenvalue weighted by Gasteiger charge is 2.17. The lowest BCUT2D eigenvalue weighted by atomic mass is 10.1. The molecule has 3 nitrogen and oxygen atoms in total. The fraction of sp³-hybridized carbons (Fsp3) is 0.200. The van der Waals surface area contributed by atoms with Crippen molar-refractivity contribution in [1.82, 2.24) is 4.57 Å². The van der Waals surface area contributed by atoms with Crippen molar-refractivity contribution in [1.29, 1.82) is 0 Å². The van der Waals surface area contributed by atoms with Gasteiger partial charge in [0.05, 0.1) is 22.0 Å². The van der Waals surface area contributed by atoms with E-state index in [1.165, 1.54) is 0 Å². The molecule has 0 spiro atoms. The van der Waals surface area contributed by atoms with E-state index in [4.69, 9.17) is 28.9 Å². The van der Waals surface area contributed by atoms with Gasteiger partial charge in [-0.2, -0.15) is 0 Å². The van der Waals surface area contributed by atoms with Crippen molar-refractivity contribution in [3.63, 3.8) is 0 Å². The van der Waals surface area contributed by atoms with Gasteiger partial charge in [0.2, 0.25) is 0 Å². The normalized spacial score (nSPS) is 10.6. The summed E-state index contributed by atoms with van der Waals surface area (Å²) in [6, 6.07) is 9.61. The van der Waals surface area contributed by atoms with Gasteiger partial charge in [-0.25, -0.2) is 0 Å². The predicted octanol–water partition coefficient (Wildman–Crippen LogP) is 3.38. The van der Waals surface area contributed by atoms with E-state index in [9.17, 15) is 4.79 Å². The van der Waals surface area contributed by atoms with Crippen LogP contribution in [0.5, 0.6) is 0 Å². The molecular weight excluding hydrogens is 294 g/mol. The van der Waals surface area contributed by atoms with Gasteiger partial charge in [0.25, 0.3) is 0 Å². The molecule has 0 bridgehead atoms. The maximum absolute atomic E-state index is 10.9. The number of halogens is 1. The Kier molecular flexibility index (Phi) is 4.26. The number of hydrogen-bond acceptors (Lipinski definition) is 2. The van der Waals surface area contributed by atoms with Crippen LogP contribution in [0.1, 0.15) is 22.5 Å². The number of carbonyl (C=O) groups is 1. The van der Waals surface area contributed by atoms with Gasteiger partial charge >= 0.3 is 5.97 Å². The van der Waals surface area contributed by atoms with E-state index < -0.39 is 5.97 Å². The lowest BCUT2D eigenvalue weighted by molar-refractivity contribution is -0.136. The van der Waals surface area contributed by atoms with Crippen LogP contribution < -0.4 is 0 Å². The van der Waals surface area contributed by atoms with Gasteiger partial charge < -0.3 is 9.67 Å². The van der Waals surface area contributed by atoms with Crippen molar-refractivity contribution < 1.29 is 9.90 Å². The summed E-state index contributed by atoms with van der Waals surface area (Å²) < 4.78 is 1.75. The summed E-state index contributed by atoms with van der Waals surface area (Å²) in [5.41, 5.74) is 3.39. The lowest BCUT2D eigenvalue weighted by Gasteiger charge is -2.08. The van der Waals surface area contributed by atoms with E-state index in [1.807, 2.05) is 31.2 Å². The number of thiocarbonyl (C=S) groups is 1. The Bertz CT molecular complexity index is 674. The number of benzene rings is 1. The number of aryl methyl sites for hydroxylation is 1. The van der Waals surface area contributed by atoms with Crippen LogP contribution in [0, 0.1) is 6.92 Å². The summed E-state index contributed by atoms with van der Waals surface area (Å²) in [5.74, 6) is -0.916. The highest BCUT2D eigenvalue weighted by Crippen LogP contribution is 2.23. The van der Waals surface area contributed by atoms with Crippen LogP contribution in [0.25, 0.3) is 0 Å². The molecule has 0 unspecified atom stereocenters. The number of carboxylic acid groups (broad SMARTS) is 1. The van der Waals surface area contributed by atoms with Gasteiger partial charge in [0.1, 0.15) is 0 Å². The summed E-state index contributed by atoms with van der Waals surface area (Å²) in [6.07, 6.45) is -0.119. The summed E-state index contributed by atoms with van der Waals surface area (Å²) in [6.45, 7) is 2.01. The molecule has 0 aliphatic rings. The minimum Gasteiger partial charge on any atom is -0.481 e. The van der Waals surface area contributed by atoms with Crippen molar-refractivity contribution in [3.8, 4) is 0 Å². The molecule has 0 atom stereocenters. The van der Waals surface area contributed by atoms with Crippen LogP contribution in [0.2, 0.25) is 5.02 Å². The minimum atomic E-state index is -0.916. The molecular formula is C15H14ClNO2S. The Morgan fingerprint density at radius 2 is 1.95 bits per heavy atom. The van der Waals surface area contributed by atoms with E-state index in [-0.39, 0.29) is 6.42 Å². The van der Waals surface area contributed by atoms with Crippen LogP contribution in [-0.2, 0) is 18.3 Å². The second-order valence-electron chi connectivity index (χ2n) is 4.65. The lowest BCUT2D eigenvalue weighted by Crippen LogP contribution is -2.11. The number of carboxylic acids is 1. The summed E-state index contributed by atoms with van der Waals surface area (Å²) >= 11 is 11.6. The van der Waals surface area contributed by atoms with E-state index in [0.717, 1.165) is 16.8 Å². The molecule has 1 heterocycles. The molecule has 5 heteroatoms. The SMILES string of the molecule is Cc1ccc(C(=S)c2cc(Cl)c(CC(=O)O)n2C)cc1. The predicted molar refractivity (Wildman–Crippen MR) is 83.7 cm³/mol. The zero-order chi connectivity index (χ0) is 14.9. The largest absolute Gasteiger partial charge is 0.481 e. The second-order valence-corrected chi connectivity index (χ2v) is 5.46. The van der Waals surface area contributed by atoms with Gasteiger partial charge in [0.15, 0.2) is 0 Å². The quantitative estimate of drug-likeness (QED) is 0.695. The smallest absolute Gasteiger partial charge is 0.309 e. The molecule has 0 amide bonds. The van der Waals surface area contributed by atoms with E-state index in [1.54, 1.807) is 17.7 Å². The Morgan fingerprint density at radius 1 is 1.35 bits per heavy atom. The molecule has 1 N–H and O–H groups in total. The molecule has 20 heavy (non-hydrogen) atoms. The molecule has 2 rings (SSSR count). The van der Waals surface area contributed by atoms with Crippen molar-refractivity contribution >= 4 is 34.7 Å². The number of rotatable bonds is 4. The van der Waals surface area contributed by atoms with E-state index in [0.29, 0.717) is 15.6 Å². The molecule has 0 aliphatic heterocycles. The van der Waals surface area contributed by atoms with Gasteiger partial charge in [-0.05, 0) is 18.6 Å². The minimum absolute atomic E-state index is 0.119. The molecule has 104 valence electrons. The number of aromatic nitrogens is 1. The first-order chi connectivity index (χ1) is 9.40. The molecule has 2 aromatic rings. The van der Waals surface area contributed by atoms with Crippen molar-refractivity contribution in [2.24, 2.45) is 7.05 Å². The van der Waals surface area contributed by atoms with Crippen LogP contribution in [0.3, 0.4) is 0 Å². The third-order valence-electron chi connectivity index (χ3n) is 3.17. The maximum atomic E-state index is 10.9. The zero-order valence-electron chi connectivity index (χ0n) is 11.2. The van der Waals surface area contributed by atoms with Crippen molar-refractivity contribution in [2.45, 2.75) is 13.3 Å². The molecule has 0 fully saturated rings. The van der Waals surface area contributed by atoms with E-state index >= 15 is 0 Å². The Balaban J connectivity index is 2.40. The van der Waals surface area contributed by atoms with Crippen molar-refractivity contribution in [2.75, 3.05) is 0 Å². The number of hydrogen-bond donors (Lipinski definition) is 1. The molecule has 0 saturated heterocycles. The average molecular weight is 308 g/mol. The second kappa shape index (κ2) is 5.77. The van der Waals surface area contributed by atoms with Crippen molar-refractivity contribution in [3.05, 3.63) is 57.9 Å². The highest BCUT2D eigenvalue weighted by atomic mass is 35.5. The van der Waals surface area contributed by atoms with Gasteiger partial charge in [0, 0.05) is 12.7 Å².